The molecule has 0 saturated carbocycles. The molecule has 100 valence electrons. The van der Waals surface area contributed by atoms with Gasteiger partial charge in [0.2, 0.25) is 10.0 Å². The zero-order valence-electron chi connectivity index (χ0n) is 10.7. The van der Waals surface area contributed by atoms with Crippen LogP contribution >= 0.6 is 0 Å². The van der Waals surface area contributed by atoms with E-state index in [9.17, 15) is 8.42 Å². The van der Waals surface area contributed by atoms with Crippen LogP contribution in [0.2, 0.25) is 0 Å². The number of fused-ring (bicyclic) bond motifs is 2. The summed E-state index contributed by atoms with van der Waals surface area (Å²) in [4.78, 5) is 2.35. The molecule has 2 rings (SSSR count). The second kappa shape index (κ2) is 4.84. The number of nitrogens with two attached hydrogens (primary N) is 1. The Bertz CT molecular complexity index is 371. The summed E-state index contributed by atoms with van der Waals surface area (Å²) >= 11 is 0. The van der Waals surface area contributed by atoms with Crippen LogP contribution in [0.1, 0.15) is 26.2 Å². The van der Waals surface area contributed by atoms with Crippen LogP contribution < -0.4 is 5.73 Å². The van der Waals surface area contributed by atoms with E-state index in [0.717, 1.165) is 12.8 Å². The van der Waals surface area contributed by atoms with Gasteiger partial charge in [-0.1, -0.05) is 0 Å². The van der Waals surface area contributed by atoms with Crippen LogP contribution in [0.5, 0.6) is 0 Å². The van der Waals surface area contributed by atoms with Crippen molar-refractivity contribution in [3.05, 3.63) is 0 Å². The van der Waals surface area contributed by atoms with Crippen molar-refractivity contribution in [2.45, 2.75) is 43.5 Å². The monoisotopic (exact) mass is 261 g/mol. The molecule has 17 heavy (non-hydrogen) atoms. The fraction of sp³-hybridized carbons (Fsp3) is 1.00. The Morgan fingerprint density at radius 2 is 1.94 bits per heavy atom. The number of rotatable bonds is 3. The summed E-state index contributed by atoms with van der Waals surface area (Å²) in [6.07, 6.45) is 3.27. The van der Waals surface area contributed by atoms with Crippen molar-refractivity contribution in [1.82, 2.24) is 9.21 Å². The van der Waals surface area contributed by atoms with Gasteiger partial charge in [0, 0.05) is 31.7 Å². The topological polar surface area (TPSA) is 66.6 Å². The first kappa shape index (κ1) is 13.3. The number of nitrogens with zero attached hydrogens (tertiary/aromatic N) is 2. The van der Waals surface area contributed by atoms with E-state index >= 15 is 0 Å². The summed E-state index contributed by atoms with van der Waals surface area (Å²) in [6.45, 7) is 3.18. The second-order valence-electron chi connectivity index (χ2n) is 5.29. The van der Waals surface area contributed by atoms with E-state index in [-0.39, 0.29) is 6.54 Å². The standard InChI is InChI=1S/C11H23N3O2S/c1-9(7-12)17(15,16)14-6-5-10-3-4-11(8-14)13(10)2/h9-11H,3-8,12H2,1-2H3. The number of likely N-dealkylation sites (N-methyl/N-ethyl adjacent to an activating group) is 1. The van der Waals surface area contributed by atoms with E-state index < -0.39 is 15.3 Å². The fourth-order valence-corrected chi connectivity index (χ4v) is 4.38. The van der Waals surface area contributed by atoms with Gasteiger partial charge in [-0.3, -0.25) is 4.90 Å². The zero-order valence-corrected chi connectivity index (χ0v) is 11.5. The Hall–Kier alpha value is -0.170. The molecule has 2 aliphatic heterocycles. The number of hydrogen-bond acceptors (Lipinski definition) is 4. The van der Waals surface area contributed by atoms with E-state index in [4.69, 9.17) is 5.73 Å². The summed E-state index contributed by atoms with van der Waals surface area (Å²) in [5.74, 6) is 0. The van der Waals surface area contributed by atoms with Crippen LogP contribution in [0.3, 0.4) is 0 Å². The van der Waals surface area contributed by atoms with Gasteiger partial charge in [0.25, 0.3) is 0 Å². The van der Waals surface area contributed by atoms with Gasteiger partial charge < -0.3 is 5.73 Å². The summed E-state index contributed by atoms with van der Waals surface area (Å²) in [7, 11) is -1.08. The number of hydrogen-bond donors (Lipinski definition) is 1. The molecule has 0 aliphatic carbocycles. The summed E-state index contributed by atoms with van der Waals surface area (Å²) in [5.41, 5.74) is 5.49. The molecule has 0 aromatic carbocycles. The minimum absolute atomic E-state index is 0.197. The van der Waals surface area contributed by atoms with Gasteiger partial charge in [0.15, 0.2) is 0 Å². The average Bonchev–Trinajstić information content (AvgIpc) is 2.51. The van der Waals surface area contributed by atoms with Crippen LogP contribution in [0, 0.1) is 0 Å². The molecular weight excluding hydrogens is 238 g/mol. The Morgan fingerprint density at radius 1 is 1.29 bits per heavy atom. The fourth-order valence-electron chi connectivity index (χ4n) is 2.88. The maximum atomic E-state index is 12.3. The summed E-state index contributed by atoms with van der Waals surface area (Å²) < 4.78 is 26.2. The van der Waals surface area contributed by atoms with Crippen molar-refractivity contribution < 1.29 is 8.42 Å². The molecular formula is C11H23N3O2S. The molecule has 2 saturated heterocycles. The van der Waals surface area contributed by atoms with Gasteiger partial charge in [-0.05, 0) is 33.2 Å². The molecule has 6 heteroatoms. The molecule has 2 fully saturated rings. The maximum absolute atomic E-state index is 12.3. The van der Waals surface area contributed by atoms with Gasteiger partial charge in [-0.2, -0.15) is 0 Å². The third-order valence-electron chi connectivity index (χ3n) is 4.31. The van der Waals surface area contributed by atoms with Crippen LogP contribution in [0.4, 0.5) is 0 Å². The SMILES string of the molecule is CC(CN)S(=O)(=O)N1CCC2CCC(C1)N2C. The highest BCUT2D eigenvalue weighted by Crippen LogP contribution is 2.29. The van der Waals surface area contributed by atoms with E-state index in [1.165, 1.54) is 6.42 Å². The van der Waals surface area contributed by atoms with Crippen LogP contribution in [0.15, 0.2) is 0 Å². The van der Waals surface area contributed by atoms with Gasteiger partial charge in [0.05, 0.1) is 5.25 Å². The molecule has 0 radical (unpaired) electrons. The molecule has 0 spiro atoms. The molecule has 2 bridgehead atoms. The zero-order chi connectivity index (χ0) is 12.6. The maximum Gasteiger partial charge on any atom is 0.218 e. The average molecular weight is 261 g/mol. The largest absolute Gasteiger partial charge is 0.329 e. The molecule has 2 heterocycles. The highest BCUT2D eigenvalue weighted by molar-refractivity contribution is 7.89. The van der Waals surface area contributed by atoms with Gasteiger partial charge in [-0.15, -0.1) is 0 Å². The predicted molar refractivity (Wildman–Crippen MR) is 68.2 cm³/mol. The third kappa shape index (κ3) is 2.36. The lowest BCUT2D eigenvalue weighted by molar-refractivity contribution is 0.246. The van der Waals surface area contributed by atoms with E-state index in [1.54, 1.807) is 11.2 Å². The lowest BCUT2D eigenvalue weighted by Crippen LogP contribution is -2.45. The lowest BCUT2D eigenvalue weighted by Gasteiger charge is -2.27. The van der Waals surface area contributed by atoms with Gasteiger partial charge >= 0.3 is 0 Å². The van der Waals surface area contributed by atoms with Crippen molar-refractivity contribution in [2.24, 2.45) is 5.73 Å². The van der Waals surface area contributed by atoms with Crippen molar-refractivity contribution in [3.63, 3.8) is 0 Å². The quantitative estimate of drug-likeness (QED) is 0.766. The molecule has 5 nitrogen and oxygen atoms in total. The molecule has 2 N–H and O–H groups in total. The third-order valence-corrected chi connectivity index (χ3v) is 6.57. The molecule has 0 aromatic rings. The van der Waals surface area contributed by atoms with Crippen LogP contribution in [-0.2, 0) is 10.0 Å². The lowest BCUT2D eigenvalue weighted by atomic mass is 10.1. The molecule has 2 aliphatic rings. The van der Waals surface area contributed by atoms with Gasteiger partial charge in [0.1, 0.15) is 0 Å². The van der Waals surface area contributed by atoms with Crippen molar-refractivity contribution in [2.75, 3.05) is 26.7 Å². The first-order valence-electron chi connectivity index (χ1n) is 6.37. The van der Waals surface area contributed by atoms with E-state index in [2.05, 4.69) is 11.9 Å². The Morgan fingerprint density at radius 3 is 2.59 bits per heavy atom. The van der Waals surface area contributed by atoms with Crippen molar-refractivity contribution >= 4 is 10.0 Å². The second-order valence-corrected chi connectivity index (χ2v) is 7.64. The summed E-state index contributed by atoms with van der Waals surface area (Å²) in [6, 6.07) is 0.954. The van der Waals surface area contributed by atoms with Crippen LogP contribution in [-0.4, -0.2) is 61.6 Å². The Labute approximate surface area is 104 Å². The first-order chi connectivity index (χ1) is 7.96. The Balaban J connectivity index is 2.14. The molecule has 0 aromatic heterocycles. The first-order valence-corrected chi connectivity index (χ1v) is 7.88. The smallest absolute Gasteiger partial charge is 0.218 e. The minimum atomic E-state index is -3.20. The molecule has 3 unspecified atom stereocenters. The molecule has 0 amide bonds. The normalized spacial score (nSPS) is 33.6. The summed E-state index contributed by atoms with van der Waals surface area (Å²) in [5, 5.41) is -0.468. The predicted octanol–water partition coefficient (Wildman–Crippen LogP) is -0.168. The van der Waals surface area contributed by atoms with Crippen molar-refractivity contribution in [1.29, 1.82) is 0 Å². The highest BCUT2D eigenvalue weighted by atomic mass is 32.2. The minimum Gasteiger partial charge on any atom is -0.329 e. The number of sulfonamides is 1. The molecule has 3 atom stereocenters. The Kier molecular flexibility index (Phi) is 3.77. The van der Waals surface area contributed by atoms with Crippen LogP contribution in [0.25, 0.3) is 0 Å². The van der Waals surface area contributed by atoms with Crippen molar-refractivity contribution in [3.8, 4) is 0 Å². The van der Waals surface area contributed by atoms with E-state index in [1.807, 2.05) is 0 Å². The van der Waals surface area contributed by atoms with Gasteiger partial charge in [-0.25, -0.2) is 12.7 Å². The highest BCUT2D eigenvalue weighted by Gasteiger charge is 2.39. The van der Waals surface area contributed by atoms with E-state index in [0.29, 0.717) is 25.2 Å².